The van der Waals surface area contributed by atoms with Crippen molar-refractivity contribution in [3.8, 4) is 0 Å². The fourth-order valence-corrected chi connectivity index (χ4v) is 2.24. The molecule has 2 N–H and O–H groups in total. The van der Waals surface area contributed by atoms with Gasteiger partial charge in [-0.05, 0) is 6.42 Å². The van der Waals surface area contributed by atoms with Gasteiger partial charge in [0.05, 0.1) is 0 Å². The Hall–Kier alpha value is -0.660. The summed E-state index contributed by atoms with van der Waals surface area (Å²) in [5.41, 5.74) is 0. The zero-order chi connectivity index (χ0) is 11.5. The Kier molecular flexibility index (Phi) is 4.06. The minimum atomic E-state index is -3.59. The summed E-state index contributed by atoms with van der Waals surface area (Å²) in [4.78, 5) is 13.2. The molecule has 0 spiro atoms. The molecule has 1 rings (SSSR count). The van der Waals surface area contributed by atoms with Crippen molar-refractivity contribution in [3.63, 3.8) is 0 Å². The largest absolute Gasteiger partial charge is 0.340 e. The molecule has 1 fully saturated rings. The lowest BCUT2D eigenvalue weighted by Gasteiger charge is -2.32. The standard InChI is InChI=1S/C8H17N3O3S/c1-2-3-8(12)10-4-6-11(7-5-10)15(9,13)14/h2-7H2,1H3,(H2,9,13,14). The van der Waals surface area contributed by atoms with E-state index in [1.54, 1.807) is 4.90 Å². The summed E-state index contributed by atoms with van der Waals surface area (Å²) in [5.74, 6) is 0.0894. The molecule has 0 aromatic carbocycles. The van der Waals surface area contributed by atoms with Gasteiger partial charge in [-0.25, -0.2) is 5.14 Å². The monoisotopic (exact) mass is 235 g/mol. The zero-order valence-corrected chi connectivity index (χ0v) is 9.66. The fraction of sp³-hybridized carbons (Fsp3) is 0.875. The summed E-state index contributed by atoms with van der Waals surface area (Å²) in [6, 6.07) is 0. The molecule has 88 valence electrons. The number of piperazine rings is 1. The normalized spacial score (nSPS) is 19.2. The zero-order valence-electron chi connectivity index (χ0n) is 8.85. The molecule has 0 aromatic rings. The number of nitrogens with zero attached hydrogens (tertiary/aromatic N) is 2. The van der Waals surface area contributed by atoms with Crippen molar-refractivity contribution in [3.05, 3.63) is 0 Å². The molecule has 0 radical (unpaired) electrons. The molecule has 0 atom stereocenters. The number of hydrogen-bond acceptors (Lipinski definition) is 3. The van der Waals surface area contributed by atoms with E-state index in [-0.39, 0.29) is 5.91 Å². The number of carbonyl (C=O) groups is 1. The van der Waals surface area contributed by atoms with Crippen LogP contribution in [0.3, 0.4) is 0 Å². The highest BCUT2D eigenvalue weighted by atomic mass is 32.2. The molecule has 0 unspecified atom stereocenters. The lowest BCUT2D eigenvalue weighted by Crippen LogP contribution is -2.52. The molecule has 0 bridgehead atoms. The van der Waals surface area contributed by atoms with Crippen molar-refractivity contribution in [2.24, 2.45) is 5.14 Å². The molecule has 15 heavy (non-hydrogen) atoms. The van der Waals surface area contributed by atoms with Crippen LogP contribution in [-0.2, 0) is 15.0 Å². The maximum Gasteiger partial charge on any atom is 0.277 e. The van der Waals surface area contributed by atoms with Crippen LogP contribution in [0.25, 0.3) is 0 Å². The highest BCUT2D eigenvalue weighted by Crippen LogP contribution is 2.06. The maximum absolute atomic E-state index is 11.5. The van der Waals surface area contributed by atoms with E-state index in [4.69, 9.17) is 5.14 Å². The first-order chi connectivity index (χ1) is 6.95. The van der Waals surface area contributed by atoms with Crippen LogP contribution < -0.4 is 5.14 Å². The van der Waals surface area contributed by atoms with E-state index in [9.17, 15) is 13.2 Å². The van der Waals surface area contributed by atoms with E-state index in [2.05, 4.69) is 0 Å². The van der Waals surface area contributed by atoms with Gasteiger partial charge in [0.25, 0.3) is 10.2 Å². The molecule has 6 nitrogen and oxygen atoms in total. The van der Waals surface area contributed by atoms with Crippen molar-refractivity contribution in [2.45, 2.75) is 19.8 Å². The van der Waals surface area contributed by atoms with Gasteiger partial charge in [-0.3, -0.25) is 4.79 Å². The molecule has 1 aliphatic heterocycles. The third kappa shape index (κ3) is 3.44. The van der Waals surface area contributed by atoms with E-state index in [0.717, 1.165) is 6.42 Å². The highest BCUT2D eigenvalue weighted by Gasteiger charge is 2.25. The van der Waals surface area contributed by atoms with Gasteiger partial charge in [0.2, 0.25) is 5.91 Å². The number of nitrogens with two attached hydrogens (primary N) is 1. The smallest absolute Gasteiger partial charge is 0.277 e. The van der Waals surface area contributed by atoms with Gasteiger partial charge in [0, 0.05) is 32.6 Å². The third-order valence-corrected chi connectivity index (χ3v) is 3.50. The molecule has 1 amide bonds. The van der Waals surface area contributed by atoms with Gasteiger partial charge < -0.3 is 4.90 Å². The predicted octanol–water partition coefficient (Wildman–Crippen LogP) is -0.866. The van der Waals surface area contributed by atoms with Crippen molar-refractivity contribution in [1.82, 2.24) is 9.21 Å². The average molecular weight is 235 g/mol. The number of rotatable bonds is 3. The third-order valence-electron chi connectivity index (χ3n) is 2.42. The molecule has 7 heteroatoms. The van der Waals surface area contributed by atoms with E-state index >= 15 is 0 Å². The van der Waals surface area contributed by atoms with E-state index < -0.39 is 10.2 Å². The van der Waals surface area contributed by atoms with Gasteiger partial charge in [-0.15, -0.1) is 0 Å². The summed E-state index contributed by atoms with van der Waals surface area (Å²) in [7, 11) is -3.59. The van der Waals surface area contributed by atoms with Gasteiger partial charge >= 0.3 is 0 Å². The quantitative estimate of drug-likeness (QED) is 0.690. The van der Waals surface area contributed by atoms with Crippen LogP contribution in [-0.4, -0.2) is 49.7 Å². The van der Waals surface area contributed by atoms with Crippen molar-refractivity contribution in [1.29, 1.82) is 0 Å². The van der Waals surface area contributed by atoms with E-state index in [1.807, 2.05) is 6.92 Å². The fourth-order valence-electron chi connectivity index (χ4n) is 1.56. The van der Waals surface area contributed by atoms with Crippen LogP contribution >= 0.6 is 0 Å². The highest BCUT2D eigenvalue weighted by molar-refractivity contribution is 7.86. The predicted molar refractivity (Wildman–Crippen MR) is 56.2 cm³/mol. The van der Waals surface area contributed by atoms with Crippen molar-refractivity contribution >= 4 is 16.1 Å². The molecule has 0 saturated carbocycles. The molecule has 0 aromatic heterocycles. The Morgan fingerprint density at radius 1 is 1.27 bits per heavy atom. The van der Waals surface area contributed by atoms with Gasteiger partial charge in [-0.1, -0.05) is 6.92 Å². The average Bonchev–Trinajstić information content (AvgIpc) is 2.17. The summed E-state index contributed by atoms with van der Waals surface area (Å²) in [5, 5.41) is 4.99. The van der Waals surface area contributed by atoms with Gasteiger partial charge in [0.1, 0.15) is 0 Å². The Bertz CT molecular complexity index is 320. The van der Waals surface area contributed by atoms with Gasteiger partial charge in [-0.2, -0.15) is 12.7 Å². The first kappa shape index (κ1) is 12.4. The minimum absolute atomic E-state index is 0.0894. The van der Waals surface area contributed by atoms with Gasteiger partial charge in [0.15, 0.2) is 0 Å². The Labute approximate surface area is 90.2 Å². The molecule has 1 heterocycles. The van der Waals surface area contributed by atoms with Crippen LogP contribution in [0.5, 0.6) is 0 Å². The van der Waals surface area contributed by atoms with E-state index in [0.29, 0.717) is 32.6 Å². The van der Waals surface area contributed by atoms with Crippen LogP contribution in [0.15, 0.2) is 0 Å². The van der Waals surface area contributed by atoms with E-state index in [1.165, 1.54) is 4.31 Å². The lowest BCUT2D eigenvalue weighted by molar-refractivity contribution is -0.132. The Morgan fingerprint density at radius 2 is 1.80 bits per heavy atom. The van der Waals surface area contributed by atoms with Crippen molar-refractivity contribution < 1.29 is 13.2 Å². The second-order valence-corrected chi connectivity index (χ2v) is 5.12. The van der Waals surface area contributed by atoms with Crippen LogP contribution in [0.1, 0.15) is 19.8 Å². The second-order valence-electron chi connectivity index (χ2n) is 3.57. The molecule has 0 aliphatic carbocycles. The van der Waals surface area contributed by atoms with Crippen LogP contribution in [0, 0.1) is 0 Å². The molecular weight excluding hydrogens is 218 g/mol. The second kappa shape index (κ2) is 4.91. The SMILES string of the molecule is CCCC(=O)N1CCN(S(N)(=O)=O)CC1. The first-order valence-electron chi connectivity index (χ1n) is 5.00. The number of carbonyl (C=O) groups excluding carboxylic acids is 1. The molecular formula is C8H17N3O3S. The number of hydrogen-bond donors (Lipinski definition) is 1. The summed E-state index contributed by atoms with van der Waals surface area (Å²) in [6.07, 6.45) is 1.34. The Balaban J connectivity index is 2.46. The molecule has 1 aliphatic rings. The van der Waals surface area contributed by atoms with Crippen molar-refractivity contribution in [2.75, 3.05) is 26.2 Å². The summed E-state index contributed by atoms with van der Waals surface area (Å²) < 4.78 is 23.2. The molecule has 1 saturated heterocycles. The first-order valence-corrected chi connectivity index (χ1v) is 6.51. The topological polar surface area (TPSA) is 83.7 Å². The summed E-state index contributed by atoms with van der Waals surface area (Å²) in [6.45, 7) is 3.42. The lowest BCUT2D eigenvalue weighted by atomic mass is 10.2. The Morgan fingerprint density at radius 3 is 2.20 bits per heavy atom. The van der Waals surface area contributed by atoms with Crippen LogP contribution in [0.2, 0.25) is 0 Å². The summed E-state index contributed by atoms with van der Waals surface area (Å²) >= 11 is 0. The number of amides is 1. The van der Waals surface area contributed by atoms with Crippen LogP contribution in [0.4, 0.5) is 0 Å². The maximum atomic E-state index is 11.5. The minimum Gasteiger partial charge on any atom is -0.340 e.